The maximum absolute atomic E-state index is 11.7. The van der Waals surface area contributed by atoms with Crippen LogP contribution in [0.2, 0.25) is 0 Å². The van der Waals surface area contributed by atoms with Crippen LogP contribution in [0, 0.1) is 0 Å². The summed E-state index contributed by atoms with van der Waals surface area (Å²) in [6.45, 7) is 12.3. The van der Waals surface area contributed by atoms with Crippen molar-refractivity contribution in [3.63, 3.8) is 0 Å². The van der Waals surface area contributed by atoms with E-state index < -0.39 is 0 Å². The normalized spacial score (nSPS) is 11.0. The fraction of sp³-hybridized carbons (Fsp3) is 0.611. The molecule has 0 unspecified atom stereocenters. The van der Waals surface area contributed by atoms with Crippen LogP contribution in [0.1, 0.15) is 70.4 Å². The summed E-state index contributed by atoms with van der Waals surface area (Å²) in [5.41, 5.74) is 3.87. The van der Waals surface area contributed by atoms with Gasteiger partial charge in [0.2, 0.25) is 5.91 Å². The lowest BCUT2D eigenvalue weighted by Crippen LogP contribution is -2.26. The SMILES string of the molecule is CCCNC(=O)CCNc1c(C(C)C)cccc1C(C)C. The highest BCUT2D eigenvalue weighted by Gasteiger charge is 2.13. The third-order valence-corrected chi connectivity index (χ3v) is 3.60. The molecule has 3 heteroatoms. The third-order valence-electron chi connectivity index (χ3n) is 3.60. The molecule has 0 bridgehead atoms. The fourth-order valence-corrected chi connectivity index (χ4v) is 2.41. The Morgan fingerprint density at radius 2 is 1.62 bits per heavy atom. The Morgan fingerprint density at radius 1 is 1.05 bits per heavy atom. The van der Waals surface area contributed by atoms with E-state index in [1.807, 2.05) is 0 Å². The zero-order chi connectivity index (χ0) is 15.8. The molecule has 1 aromatic carbocycles. The van der Waals surface area contributed by atoms with Crippen LogP contribution < -0.4 is 10.6 Å². The molecule has 0 aliphatic rings. The minimum atomic E-state index is 0.123. The molecule has 0 heterocycles. The number of rotatable bonds is 8. The minimum absolute atomic E-state index is 0.123. The average Bonchev–Trinajstić information content (AvgIpc) is 2.44. The fourth-order valence-electron chi connectivity index (χ4n) is 2.41. The molecule has 0 spiro atoms. The highest BCUT2D eigenvalue weighted by Crippen LogP contribution is 2.32. The highest BCUT2D eigenvalue weighted by molar-refractivity contribution is 5.76. The summed E-state index contributed by atoms with van der Waals surface area (Å²) in [7, 11) is 0. The second kappa shape index (κ2) is 8.71. The first kappa shape index (κ1) is 17.5. The molecule has 0 saturated heterocycles. The molecule has 118 valence electrons. The molecular formula is C18H30N2O. The van der Waals surface area contributed by atoms with Crippen molar-refractivity contribution >= 4 is 11.6 Å². The van der Waals surface area contributed by atoms with E-state index in [1.165, 1.54) is 16.8 Å². The van der Waals surface area contributed by atoms with Crippen LogP contribution >= 0.6 is 0 Å². The van der Waals surface area contributed by atoms with Crippen LogP contribution in [0.5, 0.6) is 0 Å². The predicted octanol–water partition coefficient (Wildman–Crippen LogP) is 4.26. The van der Waals surface area contributed by atoms with Gasteiger partial charge in [0.1, 0.15) is 0 Å². The molecule has 0 saturated carbocycles. The summed E-state index contributed by atoms with van der Waals surface area (Å²) in [4.78, 5) is 11.7. The van der Waals surface area contributed by atoms with Gasteiger partial charge in [-0.25, -0.2) is 0 Å². The van der Waals surface area contributed by atoms with Crippen molar-refractivity contribution in [3.8, 4) is 0 Å². The Balaban J connectivity index is 2.74. The Hall–Kier alpha value is -1.51. The lowest BCUT2D eigenvalue weighted by atomic mass is 9.92. The number of benzene rings is 1. The monoisotopic (exact) mass is 290 g/mol. The van der Waals surface area contributed by atoms with Gasteiger partial charge >= 0.3 is 0 Å². The second-order valence-electron chi connectivity index (χ2n) is 6.15. The Morgan fingerprint density at radius 3 is 2.10 bits per heavy atom. The number of carbonyl (C=O) groups is 1. The lowest BCUT2D eigenvalue weighted by Gasteiger charge is -2.20. The van der Waals surface area contributed by atoms with Gasteiger partial charge in [0.25, 0.3) is 0 Å². The summed E-state index contributed by atoms with van der Waals surface area (Å²) in [6.07, 6.45) is 1.50. The first-order valence-electron chi connectivity index (χ1n) is 8.10. The molecule has 1 rings (SSSR count). The Kier molecular flexibility index (Phi) is 7.27. The predicted molar refractivity (Wildman–Crippen MR) is 91.0 cm³/mol. The van der Waals surface area contributed by atoms with E-state index in [9.17, 15) is 4.79 Å². The zero-order valence-electron chi connectivity index (χ0n) is 14.1. The topological polar surface area (TPSA) is 41.1 Å². The van der Waals surface area contributed by atoms with Crippen molar-refractivity contribution in [2.24, 2.45) is 0 Å². The number of anilines is 1. The first-order valence-corrected chi connectivity index (χ1v) is 8.10. The van der Waals surface area contributed by atoms with Gasteiger partial charge in [0.05, 0.1) is 0 Å². The van der Waals surface area contributed by atoms with Crippen LogP contribution in [0.15, 0.2) is 18.2 Å². The van der Waals surface area contributed by atoms with Crippen LogP contribution in [-0.2, 0) is 4.79 Å². The molecular weight excluding hydrogens is 260 g/mol. The maximum atomic E-state index is 11.7. The van der Waals surface area contributed by atoms with Gasteiger partial charge in [-0.05, 0) is 29.4 Å². The van der Waals surface area contributed by atoms with Gasteiger partial charge in [-0.2, -0.15) is 0 Å². The van der Waals surface area contributed by atoms with E-state index in [0.29, 0.717) is 24.8 Å². The molecule has 0 atom stereocenters. The number of hydrogen-bond donors (Lipinski definition) is 2. The van der Waals surface area contributed by atoms with Gasteiger partial charge in [-0.15, -0.1) is 0 Å². The van der Waals surface area contributed by atoms with E-state index >= 15 is 0 Å². The van der Waals surface area contributed by atoms with Crippen molar-refractivity contribution in [3.05, 3.63) is 29.3 Å². The van der Waals surface area contributed by atoms with Crippen molar-refractivity contribution in [1.82, 2.24) is 5.32 Å². The summed E-state index contributed by atoms with van der Waals surface area (Å²) in [5.74, 6) is 1.07. The van der Waals surface area contributed by atoms with Gasteiger partial charge in [0.15, 0.2) is 0 Å². The number of nitrogens with one attached hydrogen (secondary N) is 2. The third kappa shape index (κ3) is 5.41. The number of carbonyl (C=O) groups excluding carboxylic acids is 1. The molecule has 0 radical (unpaired) electrons. The lowest BCUT2D eigenvalue weighted by molar-refractivity contribution is -0.120. The standard InChI is InChI=1S/C18H30N2O/c1-6-11-19-17(21)10-12-20-18-15(13(2)3)8-7-9-16(18)14(4)5/h7-9,13-14,20H,6,10-12H2,1-5H3,(H,19,21). The van der Waals surface area contributed by atoms with E-state index in [1.54, 1.807) is 0 Å². The second-order valence-corrected chi connectivity index (χ2v) is 6.15. The first-order chi connectivity index (χ1) is 9.97. The van der Waals surface area contributed by atoms with E-state index in [0.717, 1.165) is 13.0 Å². The zero-order valence-corrected chi connectivity index (χ0v) is 14.1. The summed E-state index contributed by atoms with van der Waals surface area (Å²) in [5, 5.41) is 6.41. The van der Waals surface area contributed by atoms with Crippen molar-refractivity contribution in [2.75, 3.05) is 18.4 Å². The van der Waals surface area contributed by atoms with Crippen LogP contribution in [-0.4, -0.2) is 19.0 Å². The molecule has 0 aromatic heterocycles. The summed E-state index contributed by atoms with van der Waals surface area (Å²) >= 11 is 0. The van der Waals surface area contributed by atoms with Gasteiger partial charge in [0, 0.05) is 25.2 Å². The van der Waals surface area contributed by atoms with Gasteiger partial charge < -0.3 is 10.6 Å². The molecule has 1 aromatic rings. The van der Waals surface area contributed by atoms with Crippen molar-refractivity contribution < 1.29 is 4.79 Å². The summed E-state index contributed by atoms with van der Waals surface area (Å²) in [6, 6.07) is 6.48. The molecule has 21 heavy (non-hydrogen) atoms. The molecule has 3 nitrogen and oxygen atoms in total. The highest BCUT2D eigenvalue weighted by atomic mass is 16.1. The van der Waals surface area contributed by atoms with Gasteiger partial charge in [-0.1, -0.05) is 52.8 Å². The number of hydrogen-bond acceptors (Lipinski definition) is 2. The van der Waals surface area contributed by atoms with E-state index in [-0.39, 0.29) is 5.91 Å². The molecule has 0 fully saturated rings. The van der Waals surface area contributed by atoms with E-state index in [4.69, 9.17) is 0 Å². The van der Waals surface area contributed by atoms with Crippen LogP contribution in [0.3, 0.4) is 0 Å². The minimum Gasteiger partial charge on any atom is -0.384 e. The average molecular weight is 290 g/mol. The van der Waals surface area contributed by atoms with Crippen LogP contribution in [0.4, 0.5) is 5.69 Å². The van der Waals surface area contributed by atoms with Crippen molar-refractivity contribution in [2.45, 2.75) is 59.3 Å². The smallest absolute Gasteiger partial charge is 0.221 e. The number of para-hydroxylation sites is 1. The summed E-state index contributed by atoms with van der Waals surface area (Å²) < 4.78 is 0. The maximum Gasteiger partial charge on any atom is 0.221 e. The molecule has 0 aliphatic heterocycles. The number of amides is 1. The molecule has 2 N–H and O–H groups in total. The van der Waals surface area contributed by atoms with E-state index in [2.05, 4.69) is 63.5 Å². The largest absolute Gasteiger partial charge is 0.384 e. The Labute approximate surface area is 129 Å². The molecule has 1 amide bonds. The van der Waals surface area contributed by atoms with Crippen molar-refractivity contribution in [1.29, 1.82) is 0 Å². The Bertz CT molecular complexity index is 426. The van der Waals surface area contributed by atoms with Gasteiger partial charge in [-0.3, -0.25) is 4.79 Å². The quantitative estimate of drug-likeness (QED) is 0.751. The van der Waals surface area contributed by atoms with Crippen LogP contribution in [0.25, 0.3) is 0 Å². The molecule has 0 aliphatic carbocycles.